The van der Waals surface area contributed by atoms with E-state index in [1.54, 1.807) is 48.7 Å². The Morgan fingerprint density at radius 2 is 1.91 bits per heavy atom. The van der Waals surface area contributed by atoms with Gasteiger partial charge in [-0.3, -0.25) is 9.69 Å². The minimum Gasteiger partial charge on any atom is -0.490 e. The fraction of sp³-hybridized carbons (Fsp3) is 0.125. The van der Waals surface area contributed by atoms with Crippen molar-refractivity contribution in [3.8, 4) is 11.5 Å². The van der Waals surface area contributed by atoms with Gasteiger partial charge in [0.25, 0.3) is 5.91 Å². The molecule has 0 bridgehead atoms. The van der Waals surface area contributed by atoms with E-state index in [0.29, 0.717) is 22.8 Å². The molecule has 3 aromatic rings. The summed E-state index contributed by atoms with van der Waals surface area (Å²) in [4.78, 5) is 27.1. The summed E-state index contributed by atoms with van der Waals surface area (Å²) in [6.07, 6.45) is -2.99. The monoisotopic (exact) mass is 535 g/mol. The van der Waals surface area contributed by atoms with Crippen molar-refractivity contribution in [2.75, 3.05) is 11.5 Å². The number of anilines is 1. The molecule has 0 N–H and O–H groups in total. The third kappa shape index (κ3) is 5.58. The lowest BCUT2D eigenvalue weighted by Gasteiger charge is -2.16. The highest BCUT2D eigenvalue weighted by Crippen LogP contribution is 2.39. The molecule has 4 rings (SSSR count). The van der Waals surface area contributed by atoms with Crippen molar-refractivity contribution in [1.82, 2.24) is 0 Å². The van der Waals surface area contributed by atoms with Crippen LogP contribution in [0.15, 0.2) is 64.9 Å². The van der Waals surface area contributed by atoms with Crippen LogP contribution in [0, 0.1) is 0 Å². The molecular weight excluding hydrogens is 519 g/mol. The van der Waals surface area contributed by atoms with Gasteiger partial charge in [0, 0.05) is 0 Å². The maximum Gasteiger partial charge on any atom is 0.416 e. The number of halogens is 3. The van der Waals surface area contributed by atoms with Crippen molar-refractivity contribution in [2.45, 2.75) is 13.1 Å². The highest BCUT2D eigenvalue weighted by atomic mass is 32.2. The number of thiocarbonyl (C=S) groups is 1. The van der Waals surface area contributed by atoms with E-state index in [1.807, 2.05) is 0 Å². The molecule has 0 aliphatic carbocycles. The van der Waals surface area contributed by atoms with Gasteiger partial charge in [-0.2, -0.15) is 13.2 Å². The minimum atomic E-state index is -4.55. The number of thioether (sulfide) groups is 1. The Bertz CT molecular complexity index is 1320. The number of carbonyl (C=O) groups excluding carboxylic acids is 2. The van der Waals surface area contributed by atoms with Gasteiger partial charge in [-0.25, -0.2) is 4.79 Å². The number of hydrogen-bond acceptors (Lipinski definition) is 7. The molecule has 0 radical (unpaired) electrons. The van der Waals surface area contributed by atoms with E-state index in [-0.39, 0.29) is 20.7 Å². The van der Waals surface area contributed by atoms with Crippen LogP contribution in [-0.4, -0.2) is 22.8 Å². The van der Waals surface area contributed by atoms with Gasteiger partial charge in [-0.05, 0) is 60.3 Å². The number of esters is 1. The molecule has 0 atom stereocenters. The quantitative estimate of drug-likeness (QED) is 0.150. The minimum absolute atomic E-state index is 0.0385. The standard InChI is InChI=1S/C24H16F3NO4S3/c1-2-31-18-11-14(8-9-17(18)32-22(30)19-7-4-10-34-19)12-20-21(29)28(23(33)35-20)16-6-3-5-15(13-16)24(25,26)27/h3-13H,2H2,1H3. The van der Waals surface area contributed by atoms with Gasteiger partial charge >= 0.3 is 12.1 Å². The molecule has 0 unspecified atom stereocenters. The third-order valence-electron chi connectivity index (χ3n) is 4.72. The SMILES string of the molecule is CCOc1cc(C=C2SC(=S)N(c3cccc(C(F)(F)F)c3)C2=O)ccc1OC(=O)c1cccs1. The van der Waals surface area contributed by atoms with Crippen molar-refractivity contribution >= 4 is 63.3 Å². The molecule has 11 heteroatoms. The highest BCUT2D eigenvalue weighted by Gasteiger charge is 2.36. The van der Waals surface area contributed by atoms with Gasteiger partial charge in [0.15, 0.2) is 15.8 Å². The predicted octanol–water partition coefficient (Wildman–Crippen LogP) is 6.79. The number of hydrogen-bond donors (Lipinski definition) is 0. The molecule has 5 nitrogen and oxygen atoms in total. The Hall–Kier alpha value is -3.15. The number of nitrogens with zero attached hydrogens (tertiary/aromatic N) is 1. The Labute approximate surface area is 212 Å². The van der Waals surface area contributed by atoms with Crippen LogP contribution in [0.25, 0.3) is 6.08 Å². The van der Waals surface area contributed by atoms with E-state index in [1.165, 1.54) is 23.5 Å². The Morgan fingerprint density at radius 3 is 2.60 bits per heavy atom. The average Bonchev–Trinajstić information content (AvgIpc) is 3.44. The molecule has 1 aliphatic heterocycles. The summed E-state index contributed by atoms with van der Waals surface area (Å²) in [6.45, 7) is 2.09. The average molecular weight is 536 g/mol. The second-order valence-corrected chi connectivity index (χ2v) is 9.69. The molecule has 0 spiro atoms. The van der Waals surface area contributed by atoms with Crippen molar-refractivity contribution in [1.29, 1.82) is 0 Å². The molecule has 1 aromatic heterocycles. The lowest BCUT2D eigenvalue weighted by atomic mass is 10.1. The first-order chi connectivity index (χ1) is 16.7. The Morgan fingerprint density at radius 1 is 1.11 bits per heavy atom. The van der Waals surface area contributed by atoms with E-state index in [4.69, 9.17) is 21.7 Å². The molecule has 2 aromatic carbocycles. The number of thiophene rings is 1. The van der Waals surface area contributed by atoms with Crippen molar-refractivity contribution < 1.29 is 32.2 Å². The van der Waals surface area contributed by atoms with Crippen LogP contribution in [-0.2, 0) is 11.0 Å². The Kier molecular flexibility index (Phi) is 7.29. The number of alkyl halides is 3. The van der Waals surface area contributed by atoms with Crippen molar-refractivity contribution in [2.24, 2.45) is 0 Å². The van der Waals surface area contributed by atoms with Gasteiger partial charge in [0.2, 0.25) is 0 Å². The number of benzene rings is 2. The molecule has 1 amide bonds. The van der Waals surface area contributed by atoms with E-state index in [2.05, 4.69) is 0 Å². The van der Waals surface area contributed by atoms with E-state index < -0.39 is 23.6 Å². The van der Waals surface area contributed by atoms with Gasteiger partial charge in [0.1, 0.15) is 4.88 Å². The molecule has 180 valence electrons. The maximum atomic E-state index is 13.1. The van der Waals surface area contributed by atoms with E-state index in [9.17, 15) is 22.8 Å². The Balaban J connectivity index is 1.59. The zero-order valence-electron chi connectivity index (χ0n) is 18.0. The van der Waals surface area contributed by atoms with Crippen LogP contribution in [0.3, 0.4) is 0 Å². The van der Waals surface area contributed by atoms with Crippen LogP contribution in [0.1, 0.15) is 27.7 Å². The second-order valence-electron chi connectivity index (χ2n) is 7.07. The van der Waals surface area contributed by atoms with Gasteiger partial charge < -0.3 is 9.47 Å². The molecule has 1 saturated heterocycles. The smallest absolute Gasteiger partial charge is 0.416 e. The second kappa shape index (κ2) is 10.2. The summed E-state index contributed by atoms with van der Waals surface area (Å²) in [7, 11) is 0. The van der Waals surface area contributed by atoms with Gasteiger partial charge in [-0.1, -0.05) is 42.2 Å². The van der Waals surface area contributed by atoms with Gasteiger partial charge in [0.05, 0.1) is 22.8 Å². The largest absolute Gasteiger partial charge is 0.490 e. The summed E-state index contributed by atoms with van der Waals surface area (Å²) in [5, 5.41) is 1.76. The van der Waals surface area contributed by atoms with Crippen LogP contribution in [0.2, 0.25) is 0 Å². The first-order valence-electron chi connectivity index (χ1n) is 10.1. The number of rotatable bonds is 6. The van der Waals surface area contributed by atoms with E-state index in [0.717, 1.165) is 28.8 Å². The van der Waals surface area contributed by atoms with Crippen LogP contribution in [0.4, 0.5) is 18.9 Å². The third-order valence-corrected chi connectivity index (χ3v) is 6.87. The number of ether oxygens (including phenoxy) is 2. The zero-order chi connectivity index (χ0) is 25.2. The molecule has 1 fully saturated rings. The maximum absolute atomic E-state index is 13.1. The lowest BCUT2D eigenvalue weighted by Crippen LogP contribution is -2.27. The van der Waals surface area contributed by atoms with Crippen molar-refractivity contribution in [3.63, 3.8) is 0 Å². The first-order valence-corrected chi connectivity index (χ1v) is 12.3. The summed E-state index contributed by atoms with van der Waals surface area (Å²) in [5.74, 6) is -0.528. The topological polar surface area (TPSA) is 55.8 Å². The predicted molar refractivity (Wildman–Crippen MR) is 134 cm³/mol. The van der Waals surface area contributed by atoms with Crippen LogP contribution < -0.4 is 14.4 Å². The molecule has 2 heterocycles. The molecular formula is C24H16F3NO4S3. The van der Waals surface area contributed by atoms with Crippen LogP contribution >= 0.6 is 35.3 Å². The summed E-state index contributed by atoms with van der Waals surface area (Å²) in [6, 6.07) is 12.6. The van der Waals surface area contributed by atoms with Crippen LogP contribution in [0.5, 0.6) is 11.5 Å². The summed E-state index contributed by atoms with van der Waals surface area (Å²) in [5.41, 5.74) is -0.271. The fourth-order valence-corrected chi connectivity index (χ4v) is 5.07. The summed E-state index contributed by atoms with van der Waals surface area (Å²) < 4.78 is 50.5. The van der Waals surface area contributed by atoms with E-state index >= 15 is 0 Å². The first kappa shape index (κ1) is 25.0. The normalized spacial score (nSPS) is 15.1. The zero-order valence-corrected chi connectivity index (χ0v) is 20.4. The number of amides is 1. The molecule has 1 aliphatic rings. The summed E-state index contributed by atoms with van der Waals surface area (Å²) >= 11 is 7.50. The molecule has 0 saturated carbocycles. The highest BCUT2D eigenvalue weighted by molar-refractivity contribution is 8.27. The van der Waals surface area contributed by atoms with Crippen molar-refractivity contribution in [3.05, 3.63) is 80.9 Å². The fourth-order valence-electron chi connectivity index (χ4n) is 3.17. The molecule has 35 heavy (non-hydrogen) atoms. The lowest BCUT2D eigenvalue weighted by molar-refractivity contribution is -0.137. The van der Waals surface area contributed by atoms with Gasteiger partial charge in [-0.15, -0.1) is 11.3 Å². The number of carbonyl (C=O) groups is 2.